The molecule has 1 saturated carbocycles. The Labute approximate surface area is 129 Å². The second kappa shape index (κ2) is 9.06. The zero-order valence-electron chi connectivity index (χ0n) is 13.6. The van der Waals surface area contributed by atoms with Crippen LogP contribution in [0, 0.1) is 0 Å². The third kappa shape index (κ3) is 6.06. The zero-order valence-corrected chi connectivity index (χ0v) is 13.6. The molecule has 1 aromatic carbocycles. The third-order valence-electron chi connectivity index (χ3n) is 4.01. The molecule has 0 aromatic heterocycles. The van der Waals surface area contributed by atoms with Crippen molar-refractivity contribution in [3.05, 3.63) is 29.8 Å². The van der Waals surface area contributed by atoms with Crippen molar-refractivity contribution >= 4 is 0 Å². The topological polar surface area (TPSA) is 24.5 Å². The Bertz CT molecular complexity index is 387. The first-order valence-electron chi connectivity index (χ1n) is 8.50. The van der Waals surface area contributed by atoms with Crippen molar-refractivity contribution in [3.63, 3.8) is 0 Å². The van der Waals surface area contributed by atoms with Gasteiger partial charge in [0.25, 0.3) is 0 Å². The van der Waals surface area contributed by atoms with Gasteiger partial charge >= 0.3 is 0 Å². The predicted molar refractivity (Wildman–Crippen MR) is 88.8 cm³/mol. The van der Waals surface area contributed by atoms with Crippen molar-refractivity contribution in [2.24, 2.45) is 0 Å². The number of nitrogens with zero attached hydrogens (tertiary/aromatic N) is 1. The van der Waals surface area contributed by atoms with Crippen molar-refractivity contribution in [2.75, 3.05) is 26.2 Å². The van der Waals surface area contributed by atoms with Gasteiger partial charge in [-0.2, -0.15) is 0 Å². The summed E-state index contributed by atoms with van der Waals surface area (Å²) in [6.45, 7) is 9.41. The van der Waals surface area contributed by atoms with E-state index in [0.29, 0.717) is 0 Å². The molecule has 0 aliphatic heterocycles. The van der Waals surface area contributed by atoms with Gasteiger partial charge < -0.3 is 10.1 Å². The largest absolute Gasteiger partial charge is 0.492 e. The van der Waals surface area contributed by atoms with Crippen LogP contribution in [0.5, 0.6) is 5.75 Å². The standard InChI is InChI=1S/C18H30N2O/c1-3-5-12-20(17-8-9-17)13-14-21-18-10-6-16(7-11-18)15-19-4-2/h6-7,10-11,17,19H,3-5,8-9,12-15H2,1-2H3. The molecule has 1 aliphatic carbocycles. The minimum Gasteiger partial charge on any atom is -0.492 e. The van der Waals surface area contributed by atoms with Gasteiger partial charge in [-0.1, -0.05) is 32.4 Å². The summed E-state index contributed by atoms with van der Waals surface area (Å²) in [5.41, 5.74) is 1.31. The fraction of sp³-hybridized carbons (Fsp3) is 0.667. The van der Waals surface area contributed by atoms with Gasteiger partial charge in [-0.3, -0.25) is 4.90 Å². The molecule has 3 nitrogen and oxygen atoms in total. The van der Waals surface area contributed by atoms with Crippen molar-refractivity contribution in [1.29, 1.82) is 0 Å². The smallest absolute Gasteiger partial charge is 0.119 e. The van der Waals surface area contributed by atoms with Gasteiger partial charge in [-0.15, -0.1) is 0 Å². The van der Waals surface area contributed by atoms with Crippen LogP contribution in [0.4, 0.5) is 0 Å². The lowest BCUT2D eigenvalue weighted by Gasteiger charge is -2.21. The molecule has 3 heteroatoms. The lowest BCUT2D eigenvalue weighted by Crippen LogP contribution is -2.31. The van der Waals surface area contributed by atoms with Crippen molar-refractivity contribution < 1.29 is 4.74 Å². The molecule has 118 valence electrons. The van der Waals surface area contributed by atoms with E-state index in [1.807, 2.05) is 0 Å². The van der Waals surface area contributed by atoms with E-state index < -0.39 is 0 Å². The first-order chi connectivity index (χ1) is 10.3. The molecular weight excluding hydrogens is 260 g/mol. The van der Waals surface area contributed by atoms with E-state index in [1.165, 1.54) is 37.8 Å². The van der Waals surface area contributed by atoms with Crippen molar-refractivity contribution in [3.8, 4) is 5.75 Å². The fourth-order valence-electron chi connectivity index (χ4n) is 2.53. The van der Waals surface area contributed by atoms with Gasteiger partial charge in [-0.25, -0.2) is 0 Å². The molecule has 0 amide bonds. The summed E-state index contributed by atoms with van der Waals surface area (Å²) >= 11 is 0. The number of nitrogens with one attached hydrogen (secondary N) is 1. The molecule has 0 spiro atoms. The number of rotatable bonds is 11. The summed E-state index contributed by atoms with van der Waals surface area (Å²) in [7, 11) is 0. The SMILES string of the molecule is CCCCN(CCOc1ccc(CNCC)cc1)C1CC1. The highest BCUT2D eigenvalue weighted by atomic mass is 16.5. The van der Waals surface area contributed by atoms with Gasteiger partial charge in [-0.05, 0) is 50.0 Å². The second-order valence-corrected chi connectivity index (χ2v) is 5.89. The number of benzene rings is 1. The van der Waals surface area contributed by atoms with Gasteiger partial charge in [0.15, 0.2) is 0 Å². The quantitative estimate of drug-likeness (QED) is 0.675. The first-order valence-corrected chi connectivity index (χ1v) is 8.50. The first kappa shape index (κ1) is 16.3. The van der Waals surface area contributed by atoms with Gasteiger partial charge in [0.2, 0.25) is 0 Å². The van der Waals surface area contributed by atoms with Crippen LogP contribution in [0.25, 0.3) is 0 Å². The highest BCUT2D eigenvalue weighted by molar-refractivity contribution is 5.27. The molecule has 0 bridgehead atoms. The van der Waals surface area contributed by atoms with Crippen LogP contribution in [0.15, 0.2) is 24.3 Å². The molecule has 0 heterocycles. The summed E-state index contributed by atoms with van der Waals surface area (Å²) in [4.78, 5) is 2.60. The monoisotopic (exact) mass is 290 g/mol. The summed E-state index contributed by atoms with van der Waals surface area (Å²) in [6, 6.07) is 9.30. The lowest BCUT2D eigenvalue weighted by atomic mass is 10.2. The molecule has 1 fully saturated rings. The Balaban J connectivity index is 1.69. The number of hydrogen-bond acceptors (Lipinski definition) is 3. The van der Waals surface area contributed by atoms with Crippen LogP contribution in [-0.4, -0.2) is 37.2 Å². The average molecular weight is 290 g/mol. The molecule has 0 atom stereocenters. The molecule has 0 radical (unpaired) electrons. The van der Waals surface area contributed by atoms with Crippen LogP contribution in [0.2, 0.25) is 0 Å². The molecule has 21 heavy (non-hydrogen) atoms. The van der Waals surface area contributed by atoms with Crippen molar-refractivity contribution in [2.45, 2.75) is 52.1 Å². The number of ether oxygens (including phenoxy) is 1. The highest BCUT2D eigenvalue weighted by Crippen LogP contribution is 2.26. The maximum absolute atomic E-state index is 5.89. The summed E-state index contributed by atoms with van der Waals surface area (Å²) < 4.78 is 5.89. The number of hydrogen-bond donors (Lipinski definition) is 1. The van der Waals surface area contributed by atoms with Crippen LogP contribution < -0.4 is 10.1 Å². The van der Waals surface area contributed by atoms with Crippen LogP contribution in [-0.2, 0) is 6.54 Å². The average Bonchev–Trinajstić information content (AvgIpc) is 3.34. The molecule has 1 aliphatic rings. The van der Waals surface area contributed by atoms with Gasteiger partial charge in [0.05, 0.1) is 0 Å². The Morgan fingerprint density at radius 1 is 1.14 bits per heavy atom. The number of unbranched alkanes of at least 4 members (excludes halogenated alkanes) is 1. The lowest BCUT2D eigenvalue weighted by molar-refractivity contribution is 0.199. The van der Waals surface area contributed by atoms with Gasteiger partial charge in [0, 0.05) is 19.1 Å². The van der Waals surface area contributed by atoms with E-state index >= 15 is 0 Å². The van der Waals surface area contributed by atoms with Crippen LogP contribution >= 0.6 is 0 Å². The Morgan fingerprint density at radius 2 is 1.90 bits per heavy atom. The fourth-order valence-corrected chi connectivity index (χ4v) is 2.53. The second-order valence-electron chi connectivity index (χ2n) is 5.89. The Morgan fingerprint density at radius 3 is 2.52 bits per heavy atom. The predicted octanol–water partition coefficient (Wildman–Crippen LogP) is 3.44. The summed E-state index contributed by atoms with van der Waals surface area (Å²) in [5, 5.41) is 3.33. The van der Waals surface area contributed by atoms with E-state index in [-0.39, 0.29) is 0 Å². The third-order valence-corrected chi connectivity index (χ3v) is 4.01. The molecule has 1 aromatic rings. The Hall–Kier alpha value is -1.06. The van der Waals surface area contributed by atoms with Gasteiger partial charge in [0.1, 0.15) is 12.4 Å². The van der Waals surface area contributed by atoms with E-state index in [9.17, 15) is 0 Å². The maximum Gasteiger partial charge on any atom is 0.119 e. The molecule has 2 rings (SSSR count). The molecular formula is C18H30N2O. The normalized spacial score (nSPS) is 14.6. The van der Waals surface area contributed by atoms with Crippen LogP contribution in [0.3, 0.4) is 0 Å². The van der Waals surface area contributed by atoms with Crippen molar-refractivity contribution in [1.82, 2.24) is 10.2 Å². The highest BCUT2D eigenvalue weighted by Gasteiger charge is 2.27. The molecule has 1 N–H and O–H groups in total. The minimum absolute atomic E-state index is 0.798. The summed E-state index contributed by atoms with van der Waals surface area (Å²) in [5.74, 6) is 0.987. The van der Waals surface area contributed by atoms with E-state index in [1.54, 1.807) is 0 Å². The summed E-state index contributed by atoms with van der Waals surface area (Å²) in [6.07, 6.45) is 5.33. The Kier molecular flexibility index (Phi) is 7.04. The zero-order chi connectivity index (χ0) is 14.9. The van der Waals surface area contributed by atoms with Crippen LogP contribution in [0.1, 0.15) is 45.1 Å². The van der Waals surface area contributed by atoms with E-state index in [4.69, 9.17) is 4.74 Å². The minimum atomic E-state index is 0.798. The maximum atomic E-state index is 5.89. The van der Waals surface area contributed by atoms with E-state index in [2.05, 4.69) is 48.3 Å². The molecule has 0 unspecified atom stereocenters. The van der Waals surface area contributed by atoms with E-state index in [0.717, 1.165) is 38.0 Å². The molecule has 0 saturated heterocycles.